The van der Waals surface area contributed by atoms with Gasteiger partial charge in [-0.25, -0.2) is 0 Å². The van der Waals surface area contributed by atoms with Crippen molar-refractivity contribution >= 4 is 23.2 Å². The molecule has 0 bridgehead atoms. The van der Waals surface area contributed by atoms with Crippen LogP contribution in [0.3, 0.4) is 0 Å². The molecule has 34 heavy (non-hydrogen) atoms. The largest absolute Gasteiger partial charge is 0.324 e. The monoisotopic (exact) mass is 450 g/mol. The average molecular weight is 451 g/mol. The van der Waals surface area contributed by atoms with Gasteiger partial charge in [0.1, 0.15) is 12.6 Å². The van der Waals surface area contributed by atoms with Crippen LogP contribution in [-0.2, 0) is 4.79 Å². The van der Waals surface area contributed by atoms with Crippen molar-refractivity contribution < 1.29 is 4.79 Å². The summed E-state index contributed by atoms with van der Waals surface area (Å²) in [5.41, 5.74) is 7.13. The van der Waals surface area contributed by atoms with Crippen molar-refractivity contribution in [3.8, 4) is 0 Å². The van der Waals surface area contributed by atoms with Gasteiger partial charge in [-0.1, -0.05) is 83.0 Å². The lowest BCUT2D eigenvalue weighted by Gasteiger charge is -2.32. The predicted molar refractivity (Wildman–Crippen MR) is 133 cm³/mol. The summed E-state index contributed by atoms with van der Waals surface area (Å²) < 4.78 is 1.77. The van der Waals surface area contributed by atoms with Crippen LogP contribution in [0.4, 0.5) is 11.6 Å². The third-order valence-corrected chi connectivity index (χ3v) is 6.03. The van der Waals surface area contributed by atoms with Crippen molar-refractivity contribution in [1.82, 2.24) is 20.2 Å². The first kappa shape index (κ1) is 21.6. The molecule has 4 aromatic rings. The lowest BCUT2D eigenvalue weighted by molar-refractivity contribution is -0.114. The van der Waals surface area contributed by atoms with E-state index in [1.165, 1.54) is 5.56 Å². The van der Waals surface area contributed by atoms with Gasteiger partial charge in [-0.3, -0.25) is 9.69 Å². The van der Waals surface area contributed by atoms with Crippen LogP contribution in [0.25, 0.3) is 5.70 Å². The number of fused-ring (bicyclic) bond motifs is 1. The first-order chi connectivity index (χ1) is 16.5. The Morgan fingerprint density at radius 2 is 1.68 bits per heavy atom. The molecule has 0 radical (unpaired) electrons. The minimum absolute atomic E-state index is 0.0784. The molecule has 1 aliphatic heterocycles. The lowest BCUT2D eigenvalue weighted by atomic mass is 10.00. The second-order valence-electron chi connectivity index (χ2n) is 8.65. The summed E-state index contributed by atoms with van der Waals surface area (Å²) in [6.07, 6.45) is 2.12. The molecule has 170 valence electrons. The molecular formula is C27H26N6O. The van der Waals surface area contributed by atoms with Crippen LogP contribution >= 0.6 is 0 Å². The average Bonchev–Trinajstić information content (AvgIpc) is 3.33. The SMILES string of the molecule is Cc1ccc([C@@H]2C=C(c3ccccc3)N(CC(=O)Nc3ccc(C)cc3C)c3nnnn32)cc1. The van der Waals surface area contributed by atoms with Crippen LogP contribution in [-0.4, -0.2) is 32.7 Å². The van der Waals surface area contributed by atoms with Crippen molar-refractivity contribution in [3.63, 3.8) is 0 Å². The third kappa shape index (κ3) is 4.20. The molecule has 0 spiro atoms. The van der Waals surface area contributed by atoms with Gasteiger partial charge in [-0.05, 0) is 60.0 Å². The van der Waals surface area contributed by atoms with Crippen LogP contribution in [0.15, 0.2) is 78.9 Å². The molecule has 1 N–H and O–H groups in total. The molecule has 1 aromatic heterocycles. The first-order valence-corrected chi connectivity index (χ1v) is 11.3. The first-order valence-electron chi connectivity index (χ1n) is 11.3. The normalized spacial score (nSPS) is 15.0. The molecule has 5 rings (SSSR count). The van der Waals surface area contributed by atoms with Gasteiger partial charge < -0.3 is 5.32 Å². The number of aryl methyl sites for hydroxylation is 3. The van der Waals surface area contributed by atoms with Gasteiger partial charge in [-0.15, -0.1) is 0 Å². The zero-order valence-electron chi connectivity index (χ0n) is 19.4. The van der Waals surface area contributed by atoms with Crippen LogP contribution in [0.1, 0.15) is 33.9 Å². The number of hydrogen-bond acceptors (Lipinski definition) is 5. The number of anilines is 2. The lowest BCUT2D eigenvalue weighted by Crippen LogP contribution is -2.37. The number of nitrogens with zero attached hydrogens (tertiary/aromatic N) is 5. The summed E-state index contributed by atoms with van der Waals surface area (Å²) >= 11 is 0. The van der Waals surface area contributed by atoms with Crippen molar-refractivity contribution in [1.29, 1.82) is 0 Å². The number of tetrazole rings is 1. The topological polar surface area (TPSA) is 75.9 Å². The van der Waals surface area contributed by atoms with Gasteiger partial charge in [0, 0.05) is 5.69 Å². The van der Waals surface area contributed by atoms with Gasteiger partial charge in [0.05, 0.1) is 5.70 Å². The van der Waals surface area contributed by atoms with Gasteiger partial charge in [0.25, 0.3) is 5.95 Å². The minimum Gasteiger partial charge on any atom is -0.324 e. The molecular weight excluding hydrogens is 424 g/mol. The number of hydrogen-bond donors (Lipinski definition) is 1. The molecule has 0 saturated heterocycles. The Morgan fingerprint density at radius 1 is 0.941 bits per heavy atom. The molecule has 1 atom stereocenters. The summed E-state index contributed by atoms with van der Waals surface area (Å²) in [5, 5.41) is 15.6. The molecule has 7 nitrogen and oxygen atoms in total. The maximum atomic E-state index is 13.2. The zero-order chi connectivity index (χ0) is 23.7. The summed E-state index contributed by atoms with van der Waals surface area (Å²) in [6.45, 7) is 6.17. The van der Waals surface area contributed by atoms with E-state index in [1.54, 1.807) is 4.68 Å². The Morgan fingerprint density at radius 3 is 2.41 bits per heavy atom. The van der Waals surface area contributed by atoms with Gasteiger partial charge in [-0.2, -0.15) is 4.68 Å². The van der Waals surface area contributed by atoms with Crippen LogP contribution < -0.4 is 10.2 Å². The highest BCUT2D eigenvalue weighted by atomic mass is 16.2. The fourth-order valence-electron chi connectivity index (χ4n) is 4.27. The van der Waals surface area contributed by atoms with Crippen molar-refractivity contribution in [2.24, 2.45) is 0 Å². The number of allylic oxidation sites excluding steroid dienone is 1. The molecule has 0 unspecified atom stereocenters. The highest BCUT2D eigenvalue weighted by molar-refractivity contribution is 5.97. The molecule has 7 heteroatoms. The number of benzene rings is 3. The molecule has 0 fully saturated rings. The number of nitrogens with one attached hydrogen (secondary N) is 1. The number of carbonyl (C=O) groups is 1. The fraction of sp³-hybridized carbons (Fsp3) is 0.185. The molecule has 1 amide bonds. The van der Waals surface area contributed by atoms with Gasteiger partial charge in [0.15, 0.2) is 0 Å². The third-order valence-electron chi connectivity index (χ3n) is 6.03. The second-order valence-corrected chi connectivity index (χ2v) is 8.65. The molecule has 1 aliphatic rings. The maximum absolute atomic E-state index is 13.2. The summed E-state index contributed by atoms with van der Waals surface area (Å²) in [6, 6.07) is 24.2. The number of rotatable bonds is 5. The fourth-order valence-corrected chi connectivity index (χ4v) is 4.27. The smallest absolute Gasteiger partial charge is 0.251 e. The van der Waals surface area contributed by atoms with Gasteiger partial charge >= 0.3 is 0 Å². The Balaban J connectivity index is 1.52. The summed E-state index contributed by atoms with van der Waals surface area (Å²) in [7, 11) is 0. The standard InChI is InChI=1S/C27H26N6O/c1-18-9-12-22(13-10-18)25-16-24(21-7-5-4-6-8-21)32(27-29-30-31-33(25)27)17-26(34)28-23-14-11-19(2)15-20(23)3/h4-16,25H,17H2,1-3H3,(H,28,34)/t25-/m0/s1. The Kier molecular flexibility index (Phi) is 5.67. The van der Waals surface area contributed by atoms with E-state index in [1.807, 2.05) is 61.2 Å². The Labute approximate surface area is 198 Å². The number of carbonyl (C=O) groups excluding carboxylic acids is 1. The highest BCUT2D eigenvalue weighted by Gasteiger charge is 2.32. The molecule has 0 aliphatic carbocycles. The van der Waals surface area contributed by atoms with E-state index >= 15 is 0 Å². The summed E-state index contributed by atoms with van der Waals surface area (Å²) in [5.74, 6) is 0.389. The predicted octanol–water partition coefficient (Wildman–Crippen LogP) is 4.69. The van der Waals surface area contributed by atoms with Crippen LogP contribution in [0.5, 0.6) is 0 Å². The van der Waals surface area contributed by atoms with E-state index in [0.717, 1.165) is 33.6 Å². The van der Waals surface area contributed by atoms with E-state index in [2.05, 4.69) is 64.2 Å². The highest BCUT2D eigenvalue weighted by Crippen LogP contribution is 2.36. The van der Waals surface area contributed by atoms with Gasteiger partial charge in [0.2, 0.25) is 5.91 Å². The zero-order valence-corrected chi connectivity index (χ0v) is 19.4. The Bertz CT molecular complexity index is 1360. The van der Waals surface area contributed by atoms with E-state index in [0.29, 0.717) is 5.95 Å². The van der Waals surface area contributed by atoms with Crippen molar-refractivity contribution in [3.05, 3.63) is 107 Å². The Hall–Kier alpha value is -4.26. The van der Waals surface area contributed by atoms with Crippen molar-refractivity contribution in [2.45, 2.75) is 26.8 Å². The maximum Gasteiger partial charge on any atom is 0.251 e. The molecule has 3 aromatic carbocycles. The molecule has 0 saturated carbocycles. The number of amides is 1. The molecule has 2 heterocycles. The minimum atomic E-state index is -0.181. The van der Waals surface area contributed by atoms with Crippen LogP contribution in [0, 0.1) is 20.8 Å². The quantitative estimate of drug-likeness (QED) is 0.478. The second kappa shape index (κ2) is 8.94. The van der Waals surface area contributed by atoms with Crippen molar-refractivity contribution in [2.75, 3.05) is 16.8 Å². The summed E-state index contributed by atoms with van der Waals surface area (Å²) in [4.78, 5) is 15.0. The van der Waals surface area contributed by atoms with E-state index in [9.17, 15) is 4.79 Å². The van der Waals surface area contributed by atoms with Crippen LogP contribution in [0.2, 0.25) is 0 Å². The van der Waals surface area contributed by atoms with E-state index < -0.39 is 0 Å². The van der Waals surface area contributed by atoms with E-state index in [4.69, 9.17) is 0 Å². The number of aromatic nitrogens is 4. The van der Waals surface area contributed by atoms with E-state index in [-0.39, 0.29) is 18.5 Å².